The molecule has 1 aliphatic heterocycles. The number of nitrogens with one attached hydrogen (secondary N) is 4. The van der Waals surface area contributed by atoms with E-state index in [-0.39, 0.29) is 0 Å². The van der Waals surface area contributed by atoms with Gasteiger partial charge in [-0.05, 0) is 66.2 Å². The first-order chi connectivity index (χ1) is 15.2. The fourth-order valence-electron chi connectivity index (χ4n) is 4.04. The second-order valence-corrected chi connectivity index (χ2v) is 7.64. The fourth-order valence-corrected chi connectivity index (χ4v) is 4.04. The van der Waals surface area contributed by atoms with Gasteiger partial charge in [-0.1, -0.05) is 30.3 Å². The van der Waals surface area contributed by atoms with Crippen LogP contribution >= 0.6 is 0 Å². The summed E-state index contributed by atoms with van der Waals surface area (Å²) in [5.74, 6) is 0. The molecule has 0 atom stereocenters. The van der Waals surface area contributed by atoms with Gasteiger partial charge in [0.25, 0.3) is 0 Å². The van der Waals surface area contributed by atoms with Crippen molar-refractivity contribution in [3.05, 3.63) is 95.6 Å². The van der Waals surface area contributed by atoms with Crippen LogP contribution in [-0.4, -0.2) is 19.9 Å². The Hall–Kier alpha value is -4.38. The van der Waals surface area contributed by atoms with Crippen molar-refractivity contribution in [1.82, 2.24) is 19.9 Å². The Morgan fingerprint density at radius 1 is 0.581 bits per heavy atom. The Morgan fingerprint density at radius 2 is 1.16 bits per heavy atom. The van der Waals surface area contributed by atoms with Crippen molar-refractivity contribution in [2.75, 3.05) is 0 Å². The van der Waals surface area contributed by atoms with Gasteiger partial charge < -0.3 is 15.0 Å². The van der Waals surface area contributed by atoms with E-state index in [0.29, 0.717) is 11.1 Å². The zero-order chi connectivity index (χ0) is 20.8. The van der Waals surface area contributed by atoms with Crippen LogP contribution in [0.1, 0.15) is 11.4 Å². The number of hydrogen-bond donors (Lipinski definition) is 4. The summed E-state index contributed by atoms with van der Waals surface area (Å²) in [4.78, 5) is 15.1. The van der Waals surface area contributed by atoms with Crippen LogP contribution in [0.2, 0.25) is 0 Å². The highest BCUT2D eigenvalue weighted by Crippen LogP contribution is 2.29. The molecule has 0 radical (unpaired) electrons. The van der Waals surface area contributed by atoms with Crippen molar-refractivity contribution in [3.8, 4) is 11.1 Å². The lowest BCUT2D eigenvalue weighted by atomic mass is 10.0. The zero-order valence-electron chi connectivity index (χ0n) is 16.6. The summed E-state index contributed by atoms with van der Waals surface area (Å²) in [7, 11) is 0. The van der Waals surface area contributed by atoms with Gasteiger partial charge in [-0.25, -0.2) is 4.98 Å². The van der Waals surface area contributed by atoms with Crippen molar-refractivity contribution in [2.24, 2.45) is 0 Å². The predicted octanol–water partition coefficient (Wildman–Crippen LogP) is 5.84. The molecule has 5 aromatic rings. The lowest BCUT2D eigenvalue weighted by Gasteiger charge is -2.03. The first-order valence-electron chi connectivity index (χ1n) is 10.2. The molecule has 1 aromatic carbocycles. The zero-order valence-corrected chi connectivity index (χ0v) is 16.6. The van der Waals surface area contributed by atoms with Gasteiger partial charge in [-0.15, -0.1) is 0 Å². The van der Waals surface area contributed by atoms with Gasteiger partial charge in [0.1, 0.15) is 5.36 Å². The summed E-state index contributed by atoms with van der Waals surface area (Å²) in [6, 6.07) is 26.5. The number of aromatic nitrogens is 4. The lowest BCUT2D eigenvalue weighted by molar-refractivity contribution is 1.20. The minimum Gasteiger partial charge on any atom is -0.355 e. The first kappa shape index (κ1) is 17.5. The summed E-state index contributed by atoms with van der Waals surface area (Å²) in [5.41, 5.74) is 9.25. The number of nitrogens with zero attached hydrogens (tertiary/aromatic N) is 1. The Kier molecular flexibility index (Phi) is 3.86. The molecule has 5 heteroatoms. The summed E-state index contributed by atoms with van der Waals surface area (Å²) < 4.78 is 0. The molecule has 4 aromatic heterocycles. The second-order valence-electron chi connectivity index (χ2n) is 7.64. The predicted molar refractivity (Wildman–Crippen MR) is 126 cm³/mol. The molecule has 0 fully saturated rings. The maximum absolute atomic E-state index is 8.67. The minimum absolute atomic E-state index is 0.373. The van der Waals surface area contributed by atoms with Crippen LogP contribution in [-0.2, 0) is 0 Å². The van der Waals surface area contributed by atoms with Gasteiger partial charge >= 0.3 is 0 Å². The molecule has 0 saturated heterocycles. The third-order valence-corrected chi connectivity index (χ3v) is 5.52. The molecule has 5 heterocycles. The van der Waals surface area contributed by atoms with Crippen LogP contribution in [0, 0.1) is 5.41 Å². The van der Waals surface area contributed by atoms with Gasteiger partial charge in [0, 0.05) is 33.1 Å². The van der Waals surface area contributed by atoms with Gasteiger partial charge in [-0.2, -0.15) is 0 Å². The van der Waals surface area contributed by atoms with Crippen LogP contribution in [0.25, 0.3) is 56.4 Å². The molecule has 0 spiro atoms. The summed E-state index contributed by atoms with van der Waals surface area (Å²) in [5, 5.41) is 9.05. The molecular formula is C26H19N5. The highest BCUT2D eigenvalue weighted by molar-refractivity contribution is 5.91. The average Bonchev–Trinajstić information content (AvgIpc) is 3.58. The highest BCUT2D eigenvalue weighted by atomic mass is 14.8. The highest BCUT2D eigenvalue weighted by Gasteiger charge is 2.11. The van der Waals surface area contributed by atoms with Crippen molar-refractivity contribution >= 4 is 45.3 Å². The number of fused-ring (bicyclic) bond motifs is 8. The normalized spacial score (nSPS) is 11.9. The number of H-pyrrole nitrogens is 3. The average molecular weight is 401 g/mol. The standard InChI is InChI=1S/C26H19N5/c27-26-23-11-9-20(30-23)15-18-7-6-17(28-18)14-19-8-10-21(29-19)25(16-4-2-1-3-5-16)22-12-13-24(26)31-22/h1-15,27-30H. The number of benzene rings is 1. The molecule has 0 saturated carbocycles. The molecule has 1 aliphatic rings. The maximum Gasteiger partial charge on any atom is 0.103 e. The van der Waals surface area contributed by atoms with Crippen LogP contribution in [0.5, 0.6) is 0 Å². The SMILES string of the molecule is N=c1c2nc(c(-c3ccccc3)c3ccc(cc4ccc(cc5ccc1[nH]5)[nH]4)[nH]3)C=C2. The Morgan fingerprint density at radius 3 is 1.90 bits per heavy atom. The van der Waals surface area contributed by atoms with Crippen LogP contribution in [0.3, 0.4) is 0 Å². The molecular weight excluding hydrogens is 382 g/mol. The molecule has 0 aliphatic carbocycles. The number of aromatic amines is 3. The lowest BCUT2D eigenvalue weighted by Crippen LogP contribution is -2.03. The summed E-state index contributed by atoms with van der Waals surface area (Å²) >= 11 is 0. The Balaban J connectivity index is 1.78. The van der Waals surface area contributed by atoms with Crippen LogP contribution in [0.15, 0.2) is 78.9 Å². The smallest absolute Gasteiger partial charge is 0.103 e. The summed E-state index contributed by atoms with van der Waals surface area (Å²) in [6.45, 7) is 0. The van der Waals surface area contributed by atoms with E-state index in [4.69, 9.17) is 10.4 Å². The monoisotopic (exact) mass is 401 g/mol. The van der Waals surface area contributed by atoms with Crippen molar-refractivity contribution in [3.63, 3.8) is 0 Å². The van der Waals surface area contributed by atoms with E-state index in [1.807, 2.05) is 54.6 Å². The van der Waals surface area contributed by atoms with Crippen LogP contribution in [0.4, 0.5) is 0 Å². The van der Waals surface area contributed by atoms with Crippen molar-refractivity contribution in [1.29, 1.82) is 5.41 Å². The minimum atomic E-state index is 0.373. The van der Waals surface area contributed by atoms with E-state index < -0.39 is 0 Å². The van der Waals surface area contributed by atoms with E-state index in [0.717, 1.165) is 49.9 Å². The molecule has 4 N–H and O–H groups in total. The Labute approximate surface area is 177 Å². The molecule has 0 amide bonds. The molecule has 31 heavy (non-hydrogen) atoms. The second kappa shape index (κ2) is 6.85. The molecule has 5 nitrogen and oxygen atoms in total. The first-order valence-corrected chi connectivity index (χ1v) is 10.2. The van der Waals surface area contributed by atoms with E-state index in [9.17, 15) is 0 Å². The van der Waals surface area contributed by atoms with Crippen molar-refractivity contribution < 1.29 is 0 Å². The molecule has 148 valence electrons. The Bertz CT molecular complexity index is 1650. The third-order valence-electron chi connectivity index (χ3n) is 5.52. The van der Waals surface area contributed by atoms with Gasteiger partial charge in [0.05, 0.1) is 16.9 Å². The third kappa shape index (κ3) is 3.13. The molecule has 8 bridgehead atoms. The maximum atomic E-state index is 8.67. The number of hydrogen-bond acceptors (Lipinski definition) is 2. The molecule has 6 rings (SSSR count). The largest absolute Gasteiger partial charge is 0.355 e. The molecule has 0 unspecified atom stereocenters. The van der Waals surface area contributed by atoms with E-state index in [1.165, 1.54) is 0 Å². The van der Waals surface area contributed by atoms with Gasteiger partial charge in [-0.3, -0.25) is 5.41 Å². The van der Waals surface area contributed by atoms with Crippen LogP contribution < -0.4 is 5.36 Å². The van der Waals surface area contributed by atoms with Gasteiger partial charge in [0.2, 0.25) is 0 Å². The number of rotatable bonds is 1. The fraction of sp³-hybridized carbons (Fsp3) is 0. The van der Waals surface area contributed by atoms with E-state index in [2.05, 4.69) is 51.4 Å². The van der Waals surface area contributed by atoms with Crippen molar-refractivity contribution in [2.45, 2.75) is 0 Å². The van der Waals surface area contributed by atoms with E-state index >= 15 is 0 Å². The topological polar surface area (TPSA) is 84.1 Å². The van der Waals surface area contributed by atoms with Gasteiger partial charge in [0.15, 0.2) is 0 Å². The quantitative estimate of drug-likeness (QED) is 0.274. The summed E-state index contributed by atoms with van der Waals surface area (Å²) in [6.07, 6.45) is 3.90. The van der Waals surface area contributed by atoms with E-state index in [1.54, 1.807) is 0 Å².